The number of hydrogen-bond acceptors (Lipinski definition) is 6. The van der Waals surface area contributed by atoms with Crippen molar-refractivity contribution < 1.29 is 14.6 Å². The second kappa shape index (κ2) is 11.5. The van der Waals surface area contributed by atoms with Crippen LogP contribution in [0.4, 0.5) is 0 Å². The number of hydrogen-bond donors (Lipinski definition) is 1. The summed E-state index contributed by atoms with van der Waals surface area (Å²) in [5, 5.41) is 11.4. The molecule has 0 radical (unpaired) electrons. The Morgan fingerprint density at radius 2 is 1.75 bits per heavy atom. The van der Waals surface area contributed by atoms with E-state index in [-0.39, 0.29) is 17.1 Å². The number of ether oxygens (including phenoxy) is 1. The Labute approximate surface area is 204 Å². The second-order valence-electron chi connectivity index (χ2n) is 8.18. The summed E-state index contributed by atoms with van der Waals surface area (Å²) >= 11 is 9.36. The molecule has 2 aliphatic heterocycles. The molecule has 0 spiro atoms. The van der Waals surface area contributed by atoms with Crippen molar-refractivity contribution in [1.82, 2.24) is 4.90 Å². The predicted molar refractivity (Wildman–Crippen MR) is 137 cm³/mol. The van der Waals surface area contributed by atoms with E-state index in [0.717, 1.165) is 17.5 Å². The lowest BCUT2D eigenvalue weighted by Crippen LogP contribution is -2.43. The van der Waals surface area contributed by atoms with Gasteiger partial charge in [-0.2, -0.15) is 0 Å². The van der Waals surface area contributed by atoms with Crippen molar-refractivity contribution in [3.8, 4) is 0 Å². The summed E-state index contributed by atoms with van der Waals surface area (Å²) in [7, 11) is 0. The minimum atomic E-state index is -0.731. The molecule has 170 valence electrons. The van der Waals surface area contributed by atoms with Crippen molar-refractivity contribution in [3.05, 3.63) is 71.8 Å². The standard InChI is InChI=1S/C25H29NO3S3/c27-22(12-13-23-31-14-7-15-32-23)20(16-18-8-3-1-4-9-18)24(28)26-21(17-29-25(26)30)19-10-5-2-6-11-19/h1-6,8-11,20-23,27H,7,12-17H2/t20-,21+,22+/m0/s1. The van der Waals surface area contributed by atoms with Crippen LogP contribution < -0.4 is 0 Å². The van der Waals surface area contributed by atoms with Gasteiger partial charge in [0.05, 0.1) is 22.6 Å². The second-order valence-corrected chi connectivity index (χ2v) is 11.4. The normalized spacial score (nSPS) is 21.2. The first-order valence-electron chi connectivity index (χ1n) is 11.1. The van der Waals surface area contributed by atoms with Crippen LogP contribution in [0.25, 0.3) is 0 Å². The van der Waals surface area contributed by atoms with E-state index < -0.39 is 12.0 Å². The van der Waals surface area contributed by atoms with Crippen LogP contribution in [0.2, 0.25) is 0 Å². The van der Waals surface area contributed by atoms with E-state index in [2.05, 4.69) is 0 Å². The first-order valence-corrected chi connectivity index (χ1v) is 13.6. The van der Waals surface area contributed by atoms with Gasteiger partial charge in [0.25, 0.3) is 5.17 Å². The van der Waals surface area contributed by atoms with Crippen LogP contribution in [0, 0.1) is 5.92 Å². The van der Waals surface area contributed by atoms with E-state index in [1.807, 2.05) is 84.2 Å². The highest BCUT2D eigenvalue weighted by Gasteiger charge is 2.41. The van der Waals surface area contributed by atoms with E-state index in [4.69, 9.17) is 17.0 Å². The predicted octanol–water partition coefficient (Wildman–Crippen LogP) is 5.07. The van der Waals surface area contributed by atoms with Crippen molar-refractivity contribution in [2.75, 3.05) is 18.1 Å². The minimum absolute atomic E-state index is 0.151. The van der Waals surface area contributed by atoms with E-state index >= 15 is 0 Å². The molecule has 2 aliphatic rings. The Morgan fingerprint density at radius 1 is 1.09 bits per heavy atom. The number of amides is 1. The lowest BCUT2D eigenvalue weighted by Gasteiger charge is -2.30. The molecule has 2 heterocycles. The average molecular weight is 488 g/mol. The number of thiocarbonyl (C=S) groups is 1. The number of aliphatic hydroxyl groups excluding tert-OH is 1. The molecule has 2 aromatic rings. The molecule has 0 aliphatic carbocycles. The molecular formula is C25H29NO3S3. The highest BCUT2D eigenvalue weighted by molar-refractivity contribution is 8.17. The summed E-state index contributed by atoms with van der Waals surface area (Å²) in [6, 6.07) is 19.5. The molecule has 4 rings (SSSR count). The van der Waals surface area contributed by atoms with Gasteiger partial charge in [-0.15, -0.1) is 23.5 Å². The zero-order valence-electron chi connectivity index (χ0n) is 18.0. The Morgan fingerprint density at radius 3 is 2.44 bits per heavy atom. The maximum atomic E-state index is 13.8. The van der Waals surface area contributed by atoms with Gasteiger partial charge < -0.3 is 9.84 Å². The molecule has 2 saturated heterocycles. The van der Waals surface area contributed by atoms with E-state index in [1.54, 1.807) is 4.90 Å². The quantitative estimate of drug-likeness (QED) is 0.525. The van der Waals surface area contributed by atoms with Gasteiger partial charge in [-0.1, -0.05) is 60.7 Å². The van der Waals surface area contributed by atoms with E-state index in [0.29, 0.717) is 24.0 Å². The fourth-order valence-corrected chi connectivity index (χ4v) is 7.42. The van der Waals surface area contributed by atoms with Gasteiger partial charge in [0.15, 0.2) is 0 Å². The highest BCUT2D eigenvalue weighted by Crippen LogP contribution is 2.36. The van der Waals surface area contributed by atoms with Gasteiger partial charge in [-0.05, 0) is 60.5 Å². The van der Waals surface area contributed by atoms with Crippen LogP contribution in [0.3, 0.4) is 0 Å². The zero-order valence-corrected chi connectivity index (χ0v) is 20.4. The van der Waals surface area contributed by atoms with Crippen LogP contribution in [-0.4, -0.2) is 49.9 Å². The molecule has 0 bridgehead atoms. The maximum Gasteiger partial charge on any atom is 0.266 e. The molecule has 0 unspecified atom stereocenters. The largest absolute Gasteiger partial charge is 0.468 e. The molecule has 1 N–H and O–H groups in total. The van der Waals surface area contributed by atoms with E-state index in [9.17, 15) is 9.90 Å². The Kier molecular flexibility index (Phi) is 8.52. The minimum Gasteiger partial charge on any atom is -0.468 e. The number of nitrogens with zero attached hydrogens (tertiary/aromatic N) is 1. The van der Waals surface area contributed by atoms with Crippen molar-refractivity contribution in [3.63, 3.8) is 0 Å². The molecule has 0 aromatic heterocycles. The molecule has 4 nitrogen and oxygen atoms in total. The lowest BCUT2D eigenvalue weighted by atomic mass is 9.89. The zero-order chi connectivity index (χ0) is 22.3. The molecule has 1 amide bonds. The first-order chi connectivity index (χ1) is 15.6. The third-order valence-corrected chi connectivity index (χ3v) is 9.36. The number of thioether (sulfide) groups is 2. The van der Waals surface area contributed by atoms with Gasteiger partial charge >= 0.3 is 0 Å². The smallest absolute Gasteiger partial charge is 0.266 e. The van der Waals surface area contributed by atoms with Gasteiger partial charge in [0.1, 0.15) is 6.61 Å². The summed E-state index contributed by atoms with van der Waals surface area (Å²) in [6.07, 6.45) is 2.50. The third-order valence-electron chi connectivity index (χ3n) is 5.97. The number of benzene rings is 2. The molecule has 3 atom stereocenters. The molecular weight excluding hydrogens is 458 g/mol. The molecule has 2 aromatic carbocycles. The number of aliphatic hydroxyl groups is 1. The summed E-state index contributed by atoms with van der Waals surface area (Å²) in [5.74, 6) is 1.64. The molecule has 32 heavy (non-hydrogen) atoms. The van der Waals surface area contributed by atoms with Crippen LogP contribution >= 0.6 is 35.7 Å². The van der Waals surface area contributed by atoms with Crippen LogP contribution in [0.1, 0.15) is 36.4 Å². The Hall–Kier alpha value is -1.54. The molecule has 0 saturated carbocycles. The Bertz CT molecular complexity index is 890. The monoisotopic (exact) mass is 487 g/mol. The average Bonchev–Trinajstić information content (AvgIpc) is 3.24. The summed E-state index contributed by atoms with van der Waals surface area (Å²) in [4.78, 5) is 15.4. The summed E-state index contributed by atoms with van der Waals surface area (Å²) < 4.78 is 6.14. The van der Waals surface area contributed by atoms with Crippen LogP contribution in [-0.2, 0) is 16.0 Å². The van der Waals surface area contributed by atoms with Crippen molar-refractivity contribution >= 4 is 46.8 Å². The number of carbonyl (C=O) groups excluding carboxylic acids is 1. The van der Waals surface area contributed by atoms with Crippen molar-refractivity contribution in [2.24, 2.45) is 5.92 Å². The maximum absolute atomic E-state index is 13.8. The lowest BCUT2D eigenvalue weighted by molar-refractivity contribution is -0.136. The molecule has 7 heteroatoms. The Balaban J connectivity index is 1.53. The third kappa shape index (κ3) is 5.87. The SMILES string of the molecule is O=C([C@@H](Cc1ccccc1)[C@H](O)CCC1SCCCS1)N1C(=S)OC[C@@H]1c1ccccc1. The highest BCUT2D eigenvalue weighted by atomic mass is 32.2. The molecule has 2 fully saturated rings. The van der Waals surface area contributed by atoms with Gasteiger partial charge in [-0.25, -0.2) is 0 Å². The van der Waals surface area contributed by atoms with Crippen molar-refractivity contribution in [1.29, 1.82) is 0 Å². The van der Waals surface area contributed by atoms with Crippen LogP contribution in [0.15, 0.2) is 60.7 Å². The van der Waals surface area contributed by atoms with Crippen molar-refractivity contribution in [2.45, 2.75) is 42.4 Å². The fourth-order valence-electron chi connectivity index (χ4n) is 4.23. The van der Waals surface area contributed by atoms with Gasteiger partial charge in [0.2, 0.25) is 5.91 Å². The summed E-state index contributed by atoms with van der Waals surface area (Å²) in [5.41, 5.74) is 2.03. The van der Waals surface area contributed by atoms with Gasteiger partial charge in [-0.3, -0.25) is 9.69 Å². The van der Waals surface area contributed by atoms with Gasteiger partial charge in [0, 0.05) is 0 Å². The van der Waals surface area contributed by atoms with E-state index in [1.165, 1.54) is 17.9 Å². The first kappa shape index (κ1) is 23.6. The van der Waals surface area contributed by atoms with Crippen LogP contribution in [0.5, 0.6) is 0 Å². The number of rotatable bonds is 8. The summed E-state index contributed by atoms with van der Waals surface area (Å²) in [6.45, 7) is 0.345. The topological polar surface area (TPSA) is 49.8 Å². The fraction of sp³-hybridized carbons (Fsp3) is 0.440. The number of carbonyl (C=O) groups is 1.